The maximum absolute atomic E-state index is 12.2. The smallest absolute Gasteiger partial charge is 0.269 e. The summed E-state index contributed by atoms with van der Waals surface area (Å²) in [6.45, 7) is 0. The minimum absolute atomic E-state index is 0.188. The second-order valence-electron chi connectivity index (χ2n) is 2.23. The maximum Gasteiger partial charge on any atom is 0.269 e. The van der Waals surface area contributed by atoms with E-state index in [4.69, 9.17) is 0 Å². The van der Waals surface area contributed by atoms with Crippen molar-refractivity contribution in [2.45, 2.75) is 6.43 Å². The molecule has 1 aromatic rings. The van der Waals surface area contributed by atoms with Gasteiger partial charge >= 0.3 is 0 Å². The van der Waals surface area contributed by atoms with Crippen molar-refractivity contribution in [1.82, 2.24) is 4.98 Å². The van der Waals surface area contributed by atoms with Crippen LogP contribution in [0, 0.1) is 0 Å². The Labute approximate surface area is 79.9 Å². The Balaban J connectivity index is 3.47. The number of nitrogens with one attached hydrogen (secondary N) is 1. The fourth-order valence-electron chi connectivity index (χ4n) is 0.876. The molecule has 3 nitrogen and oxygen atoms in total. The molecule has 0 fully saturated rings. The zero-order valence-electron chi connectivity index (χ0n) is 6.18. The van der Waals surface area contributed by atoms with Crippen molar-refractivity contribution < 1.29 is 13.6 Å². The van der Waals surface area contributed by atoms with Gasteiger partial charge in [0.2, 0.25) is 0 Å². The van der Waals surface area contributed by atoms with E-state index in [0.29, 0.717) is 0 Å². The van der Waals surface area contributed by atoms with Crippen molar-refractivity contribution >= 4 is 22.2 Å². The number of H-pyrrole nitrogens is 1. The summed E-state index contributed by atoms with van der Waals surface area (Å²) in [6, 6.07) is 0.953. The van der Waals surface area contributed by atoms with Crippen molar-refractivity contribution in [3.05, 3.63) is 32.2 Å². The lowest BCUT2D eigenvalue weighted by molar-refractivity contribution is 0.110. The van der Waals surface area contributed by atoms with Crippen LogP contribution in [0.2, 0.25) is 0 Å². The van der Waals surface area contributed by atoms with E-state index in [1.807, 2.05) is 0 Å². The fraction of sp³-hybridized carbons (Fsp3) is 0.143. The Morgan fingerprint density at radius 3 is 2.62 bits per heavy atom. The molecule has 0 bridgehead atoms. The van der Waals surface area contributed by atoms with Gasteiger partial charge < -0.3 is 4.98 Å². The Morgan fingerprint density at radius 2 is 2.15 bits per heavy atom. The summed E-state index contributed by atoms with van der Waals surface area (Å²) in [6.07, 6.45) is -2.76. The number of halogens is 3. The molecule has 1 rings (SSSR count). The van der Waals surface area contributed by atoms with Gasteiger partial charge in [0.05, 0.1) is 15.9 Å². The van der Waals surface area contributed by atoms with E-state index in [2.05, 4.69) is 20.9 Å². The number of aromatic amines is 1. The summed E-state index contributed by atoms with van der Waals surface area (Å²) in [5, 5.41) is 0. The first kappa shape index (κ1) is 10.0. The summed E-state index contributed by atoms with van der Waals surface area (Å²) in [7, 11) is 0. The Bertz CT molecular complexity index is 389. The summed E-state index contributed by atoms with van der Waals surface area (Å²) in [5.41, 5.74) is -2.05. The minimum Gasteiger partial charge on any atom is -0.346 e. The Hall–Kier alpha value is -1.04. The molecule has 1 N–H and O–H groups in total. The lowest BCUT2D eigenvalue weighted by Gasteiger charge is -2.02. The van der Waals surface area contributed by atoms with Gasteiger partial charge in [-0.1, -0.05) is 0 Å². The SMILES string of the molecule is O=Cc1[nH]c(Br)cc(=O)c1C(F)F. The van der Waals surface area contributed by atoms with Crippen LogP contribution in [0.25, 0.3) is 0 Å². The predicted molar refractivity (Wildman–Crippen MR) is 45.1 cm³/mol. The van der Waals surface area contributed by atoms with E-state index >= 15 is 0 Å². The highest BCUT2D eigenvalue weighted by atomic mass is 79.9. The molecule has 0 saturated heterocycles. The molecule has 0 radical (unpaired) electrons. The Kier molecular flexibility index (Phi) is 2.92. The average molecular weight is 252 g/mol. The van der Waals surface area contributed by atoms with E-state index in [1.165, 1.54) is 0 Å². The van der Waals surface area contributed by atoms with Gasteiger partial charge in [-0.05, 0) is 15.9 Å². The number of carbonyl (C=O) groups is 1. The number of carbonyl (C=O) groups excluding carboxylic acids is 1. The van der Waals surface area contributed by atoms with E-state index < -0.39 is 23.1 Å². The van der Waals surface area contributed by atoms with E-state index in [-0.39, 0.29) is 10.9 Å². The molecule has 0 aliphatic rings. The molecule has 0 aliphatic heterocycles. The van der Waals surface area contributed by atoms with Crippen LogP contribution >= 0.6 is 15.9 Å². The van der Waals surface area contributed by atoms with E-state index in [1.54, 1.807) is 0 Å². The Morgan fingerprint density at radius 1 is 1.54 bits per heavy atom. The van der Waals surface area contributed by atoms with Crippen LogP contribution in [0.1, 0.15) is 22.5 Å². The first-order chi connectivity index (χ1) is 6.06. The molecule has 0 aliphatic carbocycles. The van der Waals surface area contributed by atoms with Crippen LogP contribution < -0.4 is 5.43 Å². The summed E-state index contributed by atoms with van der Waals surface area (Å²) < 4.78 is 24.6. The monoisotopic (exact) mass is 251 g/mol. The first-order valence-electron chi connectivity index (χ1n) is 3.22. The molecule has 13 heavy (non-hydrogen) atoms. The number of pyridine rings is 1. The molecule has 0 unspecified atom stereocenters. The minimum atomic E-state index is -2.95. The van der Waals surface area contributed by atoms with Crippen molar-refractivity contribution in [3.63, 3.8) is 0 Å². The van der Waals surface area contributed by atoms with Crippen LogP contribution in [0.15, 0.2) is 15.5 Å². The normalized spacial score (nSPS) is 10.5. The standard InChI is InChI=1S/C7H4BrF2NO2/c8-5-1-4(13)6(7(9)10)3(2-12)11-5/h1-2,7H,(H,11,13). The summed E-state index contributed by atoms with van der Waals surface area (Å²) >= 11 is 2.88. The predicted octanol–water partition coefficient (Wildman–Crippen LogP) is 1.89. The van der Waals surface area contributed by atoms with Gasteiger partial charge in [-0.15, -0.1) is 0 Å². The molecule has 1 aromatic heterocycles. The molecular formula is C7H4BrF2NO2. The molecule has 0 aromatic carbocycles. The molecular weight excluding hydrogens is 248 g/mol. The fourth-order valence-corrected chi connectivity index (χ4v) is 1.30. The lowest BCUT2D eigenvalue weighted by atomic mass is 10.2. The average Bonchev–Trinajstić information content (AvgIpc) is 2.01. The van der Waals surface area contributed by atoms with Crippen molar-refractivity contribution in [2.24, 2.45) is 0 Å². The first-order valence-corrected chi connectivity index (χ1v) is 4.01. The highest BCUT2D eigenvalue weighted by Crippen LogP contribution is 2.18. The number of hydrogen-bond donors (Lipinski definition) is 1. The van der Waals surface area contributed by atoms with E-state index in [0.717, 1.165) is 6.07 Å². The van der Waals surface area contributed by atoms with Crippen LogP contribution in [-0.4, -0.2) is 11.3 Å². The van der Waals surface area contributed by atoms with Gasteiger partial charge in [-0.3, -0.25) is 9.59 Å². The molecule has 0 saturated carbocycles. The third-order valence-electron chi connectivity index (χ3n) is 1.40. The summed E-state index contributed by atoms with van der Waals surface area (Å²) in [4.78, 5) is 23.6. The van der Waals surface area contributed by atoms with Crippen LogP contribution in [0.4, 0.5) is 8.78 Å². The molecule has 0 spiro atoms. The third-order valence-corrected chi connectivity index (χ3v) is 1.83. The number of aromatic nitrogens is 1. The van der Waals surface area contributed by atoms with Crippen molar-refractivity contribution in [1.29, 1.82) is 0 Å². The summed E-state index contributed by atoms with van der Waals surface area (Å²) in [5.74, 6) is 0. The largest absolute Gasteiger partial charge is 0.346 e. The van der Waals surface area contributed by atoms with Gasteiger partial charge in [0, 0.05) is 6.07 Å². The number of alkyl halides is 2. The van der Waals surface area contributed by atoms with Crippen LogP contribution in [0.5, 0.6) is 0 Å². The van der Waals surface area contributed by atoms with Gasteiger partial charge in [-0.2, -0.15) is 0 Å². The second-order valence-corrected chi connectivity index (χ2v) is 3.08. The number of hydrogen-bond acceptors (Lipinski definition) is 2. The van der Waals surface area contributed by atoms with Gasteiger partial charge in [0.1, 0.15) is 0 Å². The second kappa shape index (κ2) is 3.78. The van der Waals surface area contributed by atoms with Crippen molar-refractivity contribution in [3.8, 4) is 0 Å². The van der Waals surface area contributed by atoms with Gasteiger partial charge in [0.25, 0.3) is 6.43 Å². The molecule has 70 valence electrons. The van der Waals surface area contributed by atoms with Gasteiger partial charge in [0.15, 0.2) is 11.7 Å². The lowest BCUT2D eigenvalue weighted by Crippen LogP contribution is -2.13. The number of aldehydes is 1. The topological polar surface area (TPSA) is 49.9 Å². The molecule has 1 heterocycles. The van der Waals surface area contributed by atoms with Gasteiger partial charge in [-0.25, -0.2) is 8.78 Å². The molecule has 0 atom stereocenters. The quantitative estimate of drug-likeness (QED) is 0.645. The van der Waals surface area contributed by atoms with Crippen molar-refractivity contribution in [2.75, 3.05) is 0 Å². The third kappa shape index (κ3) is 2.00. The van der Waals surface area contributed by atoms with Crippen LogP contribution in [-0.2, 0) is 0 Å². The highest BCUT2D eigenvalue weighted by Gasteiger charge is 2.17. The number of rotatable bonds is 2. The van der Waals surface area contributed by atoms with Crippen LogP contribution in [0.3, 0.4) is 0 Å². The maximum atomic E-state index is 12.2. The highest BCUT2D eigenvalue weighted by molar-refractivity contribution is 9.10. The zero-order valence-corrected chi connectivity index (χ0v) is 7.77. The molecule has 0 amide bonds. The zero-order chi connectivity index (χ0) is 10.0. The van der Waals surface area contributed by atoms with E-state index in [9.17, 15) is 18.4 Å². The molecule has 6 heteroatoms.